The molecule has 1 unspecified atom stereocenters. The fourth-order valence-electron chi connectivity index (χ4n) is 2.99. The lowest BCUT2D eigenvalue weighted by molar-refractivity contribution is 0.115. The highest BCUT2D eigenvalue weighted by Crippen LogP contribution is 2.24. The van der Waals surface area contributed by atoms with Gasteiger partial charge in [0, 0.05) is 12.2 Å². The number of aryl methyl sites for hydroxylation is 1. The number of hydrogen-bond donors (Lipinski definition) is 2. The predicted molar refractivity (Wildman–Crippen MR) is 85.7 cm³/mol. The Labute approximate surface area is 127 Å². The van der Waals surface area contributed by atoms with Crippen molar-refractivity contribution in [3.63, 3.8) is 0 Å². The number of aliphatic hydroxyl groups excluding tert-OH is 1. The number of amides is 2. The average Bonchev–Trinajstić information content (AvgIpc) is 2.48. The first-order valence-electron chi connectivity index (χ1n) is 7.82. The predicted octanol–water partition coefficient (Wildman–Crippen LogP) is 3.50. The second-order valence-electron chi connectivity index (χ2n) is 6.18. The molecule has 0 saturated carbocycles. The van der Waals surface area contributed by atoms with Crippen molar-refractivity contribution >= 4 is 11.7 Å². The van der Waals surface area contributed by atoms with E-state index in [4.69, 9.17) is 0 Å². The second-order valence-corrected chi connectivity index (χ2v) is 6.18. The molecule has 21 heavy (non-hydrogen) atoms. The molecule has 1 heterocycles. The zero-order valence-corrected chi connectivity index (χ0v) is 13.2. The third-order valence-electron chi connectivity index (χ3n) is 4.25. The number of likely N-dealkylation sites (tertiary alicyclic amines) is 1. The number of carbonyl (C=O) groups excluding carboxylic acids is 1. The number of anilines is 1. The standard InChI is InChI=1S/C17H26N2O2/c1-12(2)16-10-14(8-7-13(16)3)18-17(21)19-9-5-4-6-15(19)11-20/h7-8,10,12,15,20H,4-6,9,11H2,1-3H3,(H,18,21). The molecule has 0 spiro atoms. The maximum atomic E-state index is 12.4. The highest BCUT2D eigenvalue weighted by atomic mass is 16.3. The van der Waals surface area contributed by atoms with Gasteiger partial charge in [-0.2, -0.15) is 0 Å². The highest BCUT2D eigenvalue weighted by Gasteiger charge is 2.26. The van der Waals surface area contributed by atoms with E-state index in [9.17, 15) is 9.90 Å². The molecule has 2 rings (SSSR count). The molecule has 1 atom stereocenters. The molecule has 1 saturated heterocycles. The second kappa shape index (κ2) is 6.94. The summed E-state index contributed by atoms with van der Waals surface area (Å²) in [5.41, 5.74) is 3.33. The molecule has 4 nitrogen and oxygen atoms in total. The summed E-state index contributed by atoms with van der Waals surface area (Å²) in [7, 11) is 0. The fourth-order valence-corrected chi connectivity index (χ4v) is 2.99. The summed E-state index contributed by atoms with van der Waals surface area (Å²) in [4.78, 5) is 14.2. The van der Waals surface area contributed by atoms with Crippen LogP contribution in [0.4, 0.5) is 10.5 Å². The molecule has 1 aliphatic heterocycles. The Morgan fingerprint density at radius 3 is 2.86 bits per heavy atom. The van der Waals surface area contributed by atoms with Crippen LogP contribution in [0.1, 0.15) is 50.2 Å². The van der Waals surface area contributed by atoms with E-state index in [1.54, 1.807) is 4.90 Å². The van der Waals surface area contributed by atoms with Crippen molar-refractivity contribution in [1.82, 2.24) is 4.90 Å². The smallest absolute Gasteiger partial charge is 0.322 e. The average molecular weight is 290 g/mol. The van der Waals surface area contributed by atoms with E-state index in [1.165, 1.54) is 11.1 Å². The number of hydrogen-bond acceptors (Lipinski definition) is 2. The molecule has 1 aliphatic rings. The van der Waals surface area contributed by atoms with Crippen LogP contribution >= 0.6 is 0 Å². The Kier molecular flexibility index (Phi) is 5.23. The monoisotopic (exact) mass is 290 g/mol. The molecule has 0 aliphatic carbocycles. The minimum atomic E-state index is -0.104. The Hall–Kier alpha value is -1.55. The summed E-state index contributed by atoms with van der Waals surface area (Å²) in [5, 5.41) is 12.4. The molecule has 0 bridgehead atoms. The topological polar surface area (TPSA) is 52.6 Å². The summed E-state index contributed by atoms with van der Waals surface area (Å²) >= 11 is 0. The molecular formula is C17H26N2O2. The summed E-state index contributed by atoms with van der Waals surface area (Å²) in [6, 6.07) is 5.89. The van der Waals surface area contributed by atoms with Crippen LogP contribution in [0.5, 0.6) is 0 Å². The van der Waals surface area contributed by atoms with Crippen LogP contribution in [0.2, 0.25) is 0 Å². The van der Waals surface area contributed by atoms with Gasteiger partial charge in [-0.3, -0.25) is 0 Å². The maximum absolute atomic E-state index is 12.4. The maximum Gasteiger partial charge on any atom is 0.322 e. The molecule has 0 radical (unpaired) electrons. The van der Waals surface area contributed by atoms with Crippen LogP contribution in [0.15, 0.2) is 18.2 Å². The largest absolute Gasteiger partial charge is 0.394 e. The Balaban J connectivity index is 2.10. The molecule has 116 valence electrons. The number of benzene rings is 1. The molecule has 1 aromatic rings. The molecule has 1 fully saturated rings. The van der Waals surface area contributed by atoms with Crippen molar-refractivity contribution < 1.29 is 9.90 Å². The third kappa shape index (κ3) is 3.76. The number of aliphatic hydroxyl groups is 1. The van der Waals surface area contributed by atoms with Crippen LogP contribution in [0.3, 0.4) is 0 Å². The van der Waals surface area contributed by atoms with Crippen LogP contribution < -0.4 is 5.32 Å². The number of piperidine rings is 1. The Bertz CT molecular complexity index is 500. The van der Waals surface area contributed by atoms with E-state index in [2.05, 4.69) is 32.2 Å². The summed E-state index contributed by atoms with van der Waals surface area (Å²) in [5.74, 6) is 0.432. The van der Waals surface area contributed by atoms with Gasteiger partial charge in [0.05, 0.1) is 12.6 Å². The van der Waals surface area contributed by atoms with Crippen molar-refractivity contribution in [3.8, 4) is 0 Å². The first-order valence-corrected chi connectivity index (χ1v) is 7.82. The van der Waals surface area contributed by atoms with E-state index in [1.807, 2.05) is 12.1 Å². The van der Waals surface area contributed by atoms with Gasteiger partial charge >= 0.3 is 6.03 Å². The van der Waals surface area contributed by atoms with Crippen LogP contribution in [0, 0.1) is 6.92 Å². The molecule has 1 aromatic carbocycles. The van der Waals surface area contributed by atoms with Gasteiger partial charge in [-0.15, -0.1) is 0 Å². The third-order valence-corrected chi connectivity index (χ3v) is 4.25. The van der Waals surface area contributed by atoms with Gasteiger partial charge in [0.15, 0.2) is 0 Å². The van der Waals surface area contributed by atoms with Crippen molar-refractivity contribution in [2.75, 3.05) is 18.5 Å². The van der Waals surface area contributed by atoms with Gasteiger partial charge in [0.25, 0.3) is 0 Å². The molecule has 4 heteroatoms. The van der Waals surface area contributed by atoms with E-state index in [0.717, 1.165) is 31.5 Å². The lowest BCUT2D eigenvalue weighted by atomic mass is 9.97. The van der Waals surface area contributed by atoms with Gasteiger partial charge in [0.2, 0.25) is 0 Å². The van der Waals surface area contributed by atoms with Crippen molar-refractivity contribution in [1.29, 1.82) is 0 Å². The number of rotatable bonds is 3. The molecule has 0 aromatic heterocycles. The zero-order valence-electron chi connectivity index (χ0n) is 13.2. The normalized spacial score (nSPS) is 18.9. The van der Waals surface area contributed by atoms with E-state index < -0.39 is 0 Å². The Morgan fingerprint density at radius 2 is 2.19 bits per heavy atom. The lowest BCUT2D eigenvalue weighted by Crippen LogP contribution is -2.47. The first kappa shape index (κ1) is 15.8. The Morgan fingerprint density at radius 1 is 1.43 bits per heavy atom. The SMILES string of the molecule is Cc1ccc(NC(=O)N2CCCCC2CO)cc1C(C)C. The number of carbonyl (C=O) groups is 1. The molecule has 2 N–H and O–H groups in total. The lowest BCUT2D eigenvalue weighted by Gasteiger charge is -2.34. The minimum absolute atomic E-state index is 0.0402. The fraction of sp³-hybridized carbons (Fsp3) is 0.588. The van der Waals surface area contributed by atoms with Crippen LogP contribution in [0.25, 0.3) is 0 Å². The van der Waals surface area contributed by atoms with Crippen LogP contribution in [-0.4, -0.2) is 35.2 Å². The molecule has 2 amide bonds. The summed E-state index contributed by atoms with van der Waals surface area (Å²) in [6.45, 7) is 7.16. The summed E-state index contributed by atoms with van der Waals surface area (Å²) in [6.07, 6.45) is 2.97. The van der Waals surface area contributed by atoms with E-state index in [0.29, 0.717) is 5.92 Å². The van der Waals surface area contributed by atoms with E-state index >= 15 is 0 Å². The van der Waals surface area contributed by atoms with Crippen molar-refractivity contribution in [2.24, 2.45) is 0 Å². The van der Waals surface area contributed by atoms with Gasteiger partial charge in [-0.1, -0.05) is 19.9 Å². The van der Waals surface area contributed by atoms with Gasteiger partial charge < -0.3 is 15.3 Å². The first-order chi connectivity index (χ1) is 10.0. The molecular weight excluding hydrogens is 264 g/mol. The quantitative estimate of drug-likeness (QED) is 0.895. The highest BCUT2D eigenvalue weighted by molar-refractivity contribution is 5.89. The van der Waals surface area contributed by atoms with Gasteiger partial charge in [0.1, 0.15) is 0 Å². The van der Waals surface area contributed by atoms with Gasteiger partial charge in [-0.25, -0.2) is 4.79 Å². The number of nitrogens with one attached hydrogen (secondary N) is 1. The summed E-state index contributed by atoms with van der Waals surface area (Å²) < 4.78 is 0. The minimum Gasteiger partial charge on any atom is -0.394 e. The van der Waals surface area contributed by atoms with E-state index in [-0.39, 0.29) is 18.7 Å². The van der Waals surface area contributed by atoms with Crippen LogP contribution in [-0.2, 0) is 0 Å². The number of urea groups is 1. The zero-order chi connectivity index (χ0) is 15.4. The van der Waals surface area contributed by atoms with Crippen molar-refractivity contribution in [3.05, 3.63) is 29.3 Å². The van der Waals surface area contributed by atoms with Gasteiger partial charge in [-0.05, 0) is 55.4 Å². The number of nitrogens with zero attached hydrogens (tertiary/aromatic N) is 1. The van der Waals surface area contributed by atoms with Crippen molar-refractivity contribution in [2.45, 2.75) is 52.0 Å².